The topological polar surface area (TPSA) is 62.1 Å². The van der Waals surface area contributed by atoms with E-state index in [2.05, 4.69) is 15.1 Å². The van der Waals surface area contributed by atoms with Crippen molar-refractivity contribution in [2.24, 2.45) is 0 Å². The molecule has 0 radical (unpaired) electrons. The Bertz CT molecular complexity index is 650. The molecule has 22 heavy (non-hydrogen) atoms. The van der Waals surface area contributed by atoms with Crippen LogP contribution in [-0.4, -0.2) is 38.1 Å². The van der Waals surface area contributed by atoms with Crippen LogP contribution in [0.5, 0.6) is 0 Å². The van der Waals surface area contributed by atoms with Crippen molar-refractivity contribution in [3.63, 3.8) is 0 Å². The first-order chi connectivity index (χ1) is 10.3. The lowest BCUT2D eigenvalue weighted by Crippen LogP contribution is -2.41. The standard InChI is InChI=1S/C15H21BN4O2/c1-11-17-6-12(7-18-11)9-20-10-13(8-19-20)16-21-14(2,3)15(4,5)22-16/h6-8,10H,9H2,1-5H3. The molecule has 1 aliphatic heterocycles. The molecule has 0 atom stereocenters. The monoisotopic (exact) mass is 300 g/mol. The predicted octanol–water partition coefficient (Wildman–Crippen LogP) is 1.33. The van der Waals surface area contributed by atoms with Crippen molar-refractivity contribution in [3.8, 4) is 0 Å². The maximum absolute atomic E-state index is 6.03. The first-order valence-corrected chi connectivity index (χ1v) is 7.42. The van der Waals surface area contributed by atoms with Gasteiger partial charge >= 0.3 is 7.12 Å². The van der Waals surface area contributed by atoms with E-state index in [1.54, 1.807) is 6.20 Å². The fourth-order valence-electron chi connectivity index (χ4n) is 2.25. The molecule has 0 N–H and O–H groups in total. The summed E-state index contributed by atoms with van der Waals surface area (Å²) in [6, 6.07) is 0. The summed E-state index contributed by atoms with van der Waals surface area (Å²) in [6.45, 7) is 10.7. The number of hydrogen-bond acceptors (Lipinski definition) is 5. The minimum atomic E-state index is -0.381. The Labute approximate surface area is 131 Å². The van der Waals surface area contributed by atoms with Gasteiger partial charge in [-0.15, -0.1) is 0 Å². The summed E-state index contributed by atoms with van der Waals surface area (Å²) in [5.74, 6) is 0.766. The largest absolute Gasteiger partial charge is 0.498 e. The Kier molecular flexibility index (Phi) is 3.57. The highest BCUT2D eigenvalue weighted by Crippen LogP contribution is 2.36. The fourth-order valence-corrected chi connectivity index (χ4v) is 2.25. The van der Waals surface area contributed by atoms with Crippen molar-refractivity contribution in [1.82, 2.24) is 19.7 Å². The predicted molar refractivity (Wildman–Crippen MR) is 83.8 cm³/mol. The van der Waals surface area contributed by atoms with Crippen LogP contribution in [0.15, 0.2) is 24.8 Å². The lowest BCUT2D eigenvalue weighted by atomic mass is 9.82. The molecule has 1 fully saturated rings. The van der Waals surface area contributed by atoms with Crippen LogP contribution in [0.25, 0.3) is 0 Å². The molecule has 2 aromatic rings. The molecule has 3 rings (SSSR count). The van der Waals surface area contributed by atoms with Crippen molar-refractivity contribution >= 4 is 12.6 Å². The van der Waals surface area contributed by atoms with Gasteiger partial charge in [0, 0.05) is 35.8 Å². The van der Waals surface area contributed by atoms with Crippen LogP contribution in [-0.2, 0) is 15.9 Å². The quantitative estimate of drug-likeness (QED) is 0.800. The van der Waals surface area contributed by atoms with Crippen molar-refractivity contribution < 1.29 is 9.31 Å². The van der Waals surface area contributed by atoms with Crippen molar-refractivity contribution in [1.29, 1.82) is 0 Å². The van der Waals surface area contributed by atoms with E-state index in [9.17, 15) is 0 Å². The Morgan fingerprint density at radius 3 is 2.23 bits per heavy atom. The van der Waals surface area contributed by atoms with E-state index in [0.717, 1.165) is 16.9 Å². The van der Waals surface area contributed by atoms with Gasteiger partial charge in [0.05, 0.1) is 17.7 Å². The molecular weight excluding hydrogens is 279 g/mol. The minimum Gasteiger partial charge on any atom is -0.399 e. The SMILES string of the molecule is Cc1ncc(Cn2cc(B3OC(C)(C)C(C)(C)O3)cn2)cn1. The van der Waals surface area contributed by atoms with Gasteiger partial charge in [0.1, 0.15) is 5.82 Å². The molecule has 0 amide bonds. The van der Waals surface area contributed by atoms with Crippen LogP contribution in [0.4, 0.5) is 0 Å². The van der Waals surface area contributed by atoms with Gasteiger partial charge in [0.25, 0.3) is 0 Å². The highest BCUT2D eigenvalue weighted by molar-refractivity contribution is 6.61. The summed E-state index contributed by atoms with van der Waals surface area (Å²) in [7, 11) is -0.381. The van der Waals surface area contributed by atoms with Crippen LogP contribution < -0.4 is 5.46 Å². The third kappa shape index (κ3) is 2.78. The van der Waals surface area contributed by atoms with E-state index in [1.165, 1.54) is 0 Å². The first-order valence-electron chi connectivity index (χ1n) is 7.42. The summed E-state index contributed by atoms with van der Waals surface area (Å²) >= 11 is 0. The van der Waals surface area contributed by atoms with Gasteiger partial charge in [-0.05, 0) is 34.6 Å². The lowest BCUT2D eigenvalue weighted by Gasteiger charge is -2.32. The van der Waals surface area contributed by atoms with Crippen molar-refractivity contribution in [2.75, 3.05) is 0 Å². The molecule has 1 saturated heterocycles. The molecular formula is C15H21BN4O2. The van der Waals surface area contributed by atoms with E-state index in [0.29, 0.717) is 6.54 Å². The number of nitrogens with zero attached hydrogens (tertiary/aromatic N) is 4. The smallest absolute Gasteiger partial charge is 0.399 e. The number of aromatic nitrogens is 4. The summed E-state index contributed by atoms with van der Waals surface area (Å²) in [6.07, 6.45) is 7.37. The molecule has 3 heterocycles. The lowest BCUT2D eigenvalue weighted by molar-refractivity contribution is 0.00578. The molecule has 6 nitrogen and oxygen atoms in total. The summed E-state index contributed by atoms with van der Waals surface area (Å²) < 4.78 is 13.9. The zero-order chi connectivity index (χ0) is 16.0. The molecule has 0 spiro atoms. The number of aryl methyl sites for hydroxylation is 1. The maximum Gasteiger partial charge on any atom is 0.498 e. The Morgan fingerprint density at radius 2 is 1.64 bits per heavy atom. The molecule has 0 aliphatic carbocycles. The Morgan fingerprint density at radius 1 is 1.05 bits per heavy atom. The van der Waals surface area contributed by atoms with E-state index >= 15 is 0 Å². The zero-order valence-corrected chi connectivity index (χ0v) is 13.7. The molecule has 7 heteroatoms. The minimum absolute atomic E-state index is 0.343. The highest BCUT2D eigenvalue weighted by atomic mass is 16.7. The second-order valence-electron chi connectivity index (χ2n) is 6.70. The van der Waals surface area contributed by atoms with E-state index < -0.39 is 0 Å². The van der Waals surface area contributed by atoms with Gasteiger partial charge in [-0.2, -0.15) is 5.10 Å². The molecule has 0 bridgehead atoms. The third-order valence-corrected chi connectivity index (χ3v) is 4.36. The van der Waals surface area contributed by atoms with Gasteiger partial charge in [-0.25, -0.2) is 9.97 Å². The molecule has 0 aromatic carbocycles. The molecule has 0 saturated carbocycles. The van der Waals surface area contributed by atoms with E-state index in [1.807, 2.05) is 57.9 Å². The number of hydrogen-bond donors (Lipinski definition) is 0. The average Bonchev–Trinajstić information content (AvgIpc) is 2.96. The van der Waals surface area contributed by atoms with Gasteiger partial charge < -0.3 is 9.31 Å². The average molecular weight is 300 g/mol. The summed E-state index contributed by atoms with van der Waals surface area (Å²) in [4.78, 5) is 8.39. The highest BCUT2D eigenvalue weighted by Gasteiger charge is 2.52. The second-order valence-corrected chi connectivity index (χ2v) is 6.70. The van der Waals surface area contributed by atoms with Crippen LogP contribution in [0.2, 0.25) is 0 Å². The normalized spacial score (nSPS) is 19.6. The van der Waals surface area contributed by atoms with Crippen LogP contribution >= 0.6 is 0 Å². The molecule has 2 aromatic heterocycles. The zero-order valence-electron chi connectivity index (χ0n) is 13.7. The van der Waals surface area contributed by atoms with Crippen LogP contribution in [0.3, 0.4) is 0 Å². The van der Waals surface area contributed by atoms with Crippen molar-refractivity contribution in [3.05, 3.63) is 36.2 Å². The molecule has 0 unspecified atom stereocenters. The Balaban J connectivity index is 1.73. The second kappa shape index (κ2) is 5.17. The van der Waals surface area contributed by atoms with Gasteiger partial charge in [0.2, 0.25) is 0 Å². The fraction of sp³-hybridized carbons (Fsp3) is 0.533. The van der Waals surface area contributed by atoms with Gasteiger partial charge in [-0.1, -0.05) is 0 Å². The van der Waals surface area contributed by atoms with Gasteiger partial charge in [-0.3, -0.25) is 4.68 Å². The molecule has 116 valence electrons. The van der Waals surface area contributed by atoms with Gasteiger partial charge in [0.15, 0.2) is 0 Å². The van der Waals surface area contributed by atoms with Crippen molar-refractivity contribution in [2.45, 2.75) is 52.4 Å². The van der Waals surface area contributed by atoms with Crippen LogP contribution in [0, 0.1) is 6.92 Å². The molecule has 1 aliphatic rings. The number of rotatable bonds is 3. The van der Waals surface area contributed by atoms with E-state index in [4.69, 9.17) is 9.31 Å². The maximum atomic E-state index is 6.03. The summed E-state index contributed by atoms with van der Waals surface area (Å²) in [5.41, 5.74) is 1.25. The Hall–Kier alpha value is -1.73. The first kappa shape index (κ1) is 15.2. The van der Waals surface area contributed by atoms with Crippen LogP contribution in [0.1, 0.15) is 39.1 Å². The third-order valence-electron chi connectivity index (χ3n) is 4.36. The van der Waals surface area contributed by atoms with E-state index in [-0.39, 0.29) is 18.3 Å². The summed E-state index contributed by atoms with van der Waals surface area (Å²) in [5, 5.41) is 4.38.